The zero-order valence-corrected chi connectivity index (χ0v) is 18.8. The molecule has 0 radical (unpaired) electrons. The molecule has 7 nitrogen and oxygen atoms in total. The number of carbonyl (C=O) groups is 4. The lowest BCUT2D eigenvalue weighted by Gasteiger charge is -2.60. The lowest BCUT2D eigenvalue weighted by atomic mass is 9.47. The van der Waals surface area contributed by atoms with Crippen LogP contribution in [0.1, 0.15) is 57.9 Å². The maximum Gasteiger partial charge on any atom is 0.312 e. The van der Waals surface area contributed by atoms with E-state index in [-0.39, 0.29) is 23.2 Å². The molecule has 0 unspecified atom stereocenters. The second-order valence-electron chi connectivity index (χ2n) is 10.2. The zero-order valence-electron chi connectivity index (χ0n) is 18.8. The van der Waals surface area contributed by atoms with Gasteiger partial charge in [0.05, 0.1) is 11.5 Å². The van der Waals surface area contributed by atoms with Crippen LogP contribution in [0.25, 0.3) is 0 Å². The zero-order chi connectivity index (χ0) is 22.9. The standard InChI is InChI=1S/C25H32N2O5/c1-16(28)21(9-18-6-4-3-5-7-18)26-22(30)14-32-23(31)24-10-19-8-20(11-24)13-25(12-19,15-24)27-17(2)29/h3-7,19-21H,8-15H2,1-2H3,(H,26,30)(H,27,29)/t19-,20-,21+,24?,25?/m0/s1. The lowest BCUT2D eigenvalue weighted by molar-refractivity contribution is -0.177. The first-order valence-electron chi connectivity index (χ1n) is 11.5. The van der Waals surface area contributed by atoms with Gasteiger partial charge in [-0.05, 0) is 69.3 Å². The van der Waals surface area contributed by atoms with Gasteiger partial charge in [0.1, 0.15) is 0 Å². The van der Waals surface area contributed by atoms with Crippen molar-refractivity contribution in [3.63, 3.8) is 0 Å². The highest BCUT2D eigenvalue weighted by atomic mass is 16.5. The number of carbonyl (C=O) groups excluding carboxylic acids is 4. The van der Waals surface area contributed by atoms with E-state index in [0.717, 1.165) is 37.7 Å². The largest absolute Gasteiger partial charge is 0.455 e. The van der Waals surface area contributed by atoms with Crippen LogP contribution in [0.3, 0.4) is 0 Å². The van der Waals surface area contributed by atoms with E-state index in [4.69, 9.17) is 4.74 Å². The smallest absolute Gasteiger partial charge is 0.312 e. The molecule has 0 aliphatic heterocycles. The fourth-order valence-corrected chi connectivity index (χ4v) is 6.69. The van der Waals surface area contributed by atoms with E-state index in [9.17, 15) is 19.2 Å². The van der Waals surface area contributed by atoms with Crippen LogP contribution in [0.4, 0.5) is 0 Å². The third kappa shape index (κ3) is 4.71. The summed E-state index contributed by atoms with van der Waals surface area (Å²) in [4.78, 5) is 49.5. The van der Waals surface area contributed by atoms with Crippen LogP contribution in [-0.4, -0.2) is 41.8 Å². The first-order chi connectivity index (χ1) is 15.2. The number of nitrogens with one attached hydrogen (secondary N) is 2. The van der Waals surface area contributed by atoms with Gasteiger partial charge >= 0.3 is 5.97 Å². The predicted molar refractivity (Wildman–Crippen MR) is 117 cm³/mol. The number of Topliss-reactive ketones (excluding diaryl/α,β-unsaturated/α-hetero) is 1. The van der Waals surface area contributed by atoms with Crippen LogP contribution in [-0.2, 0) is 30.3 Å². The van der Waals surface area contributed by atoms with Gasteiger partial charge in [-0.15, -0.1) is 0 Å². The molecule has 32 heavy (non-hydrogen) atoms. The van der Waals surface area contributed by atoms with Crippen molar-refractivity contribution >= 4 is 23.6 Å². The Kier molecular flexibility index (Phi) is 6.10. The van der Waals surface area contributed by atoms with Crippen LogP contribution in [0.5, 0.6) is 0 Å². The number of rotatable bonds is 8. The second-order valence-corrected chi connectivity index (χ2v) is 10.2. The average molecular weight is 441 g/mol. The summed E-state index contributed by atoms with van der Waals surface area (Å²) in [6, 6.07) is 8.81. The topological polar surface area (TPSA) is 102 Å². The van der Waals surface area contributed by atoms with Crippen molar-refractivity contribution in [2.24, 2.45) is 17.3 Å². The molecule has 4 bridgehead atoms. The van der Waals surface area contributed by atoms with Gasteiger partial charge in [-0.3, -0.25) is 19.2 Å². The van der Waals surface area contributed by atoms with E-state index < -0.39 is 24.0 Å². The molecule has 1 aromatic rings. The van der Waals surface area contributed by atoms with E-state index >= 15 is 0 Å². The minimum Gasteiger partial charge on any atom is -0.455 e. The van der Waals surface area contributed by atoms with Gasteiger partial charge in [0.25, 0.3) is 5.91 Å². The summed E-state index contributed by atoms with van der Waals surface area (Å²) in [5.74, 6) is -0.236. The highest BCUT2D eigenvalue weighted by Crippen LogP contribution is 2.62. The number of esters is 1. The molecule has 7 heteroatoms. The molecule has 172 valence electrons. The van der Waals surface area contributed by atoms with Gasteiger partial charge < -0.3 is 15.4 Å². The Morgan fingerprint density at radius 2 is 1.69 bits per heavy atom. The molecule has 4 saturated carbocycles. The van der Waals surface area contributed by atoms with E-state index in [1.807, 2.05) is 30.3 Å². The van der Waals surface area contributed by atoms with E-state index in [0.29, 0.717) is 24.7 Å². The van der Waals surface area contributed by atoms with Crippen LogP contribution in [0, 0.1) is 17.3 Å². The molecular weight excluding hydrogens is 408 g/mol. The van der Waals surface area contributed by atoms with Crippen molar-refractivity contribution in [3.8, 4) is 0 Å². The number of amides is 2. The molecular formula is C25H32N2O5. The fraction of sp³-hybridized carbons (Fsp3) is 0.600. The van der Waals surface area contributed by atoms with E-state index in [1.54, 1.807) is 0 Å². The summed E-state index contributed by atoms with van der Waals surface area (Å²) in [7, 11) is 0. The number of benzene rings is 1. The van der Waals surface area contributed by atoms with E-state index in [1.165, 1.54) is 13.8 Å². The van der Waals surface area contributed by atoms with Crippen LogP contribution in [0.2, 0.25) is 0 Å². The molecule has 0 spiro atoms. The summed E-state index contributed by atoms with van der Waals surface area (Å²) in [5.41, 5.74) is -0.00879. The number of hydrogen-bond acceptors (Lipinski definition) is 5. The molecule has 4 aliphatic carbocycles. The summed E-state index contributed by atoms with van der Waals surface area (Å²) >= 11 is 0. The number of hydrogen-bond donors (Lipinski definition) is 2. The minimum atomic E-state index is -0.661. The Morgan fingerprint density at radius 3 is 2.28 bits per heavy atom. The normalized spacial score (nSPS) is 30.9. The second kappa shape index (κ2) is 8.68. The molecule has 1 aromatic carbocycles. The number of ketones is 1. The van der Waals surface area contributed by atoms with Crippen molar-refractivity contribution < 1.29 is 23.9 Å². The molecule has 0 saturated heterocycles. The highest BCUT2D eigenvalue weighted by molar-refractivity contribution is 5.89. The third-order valence-electron chi connectivity index (χ3n) is 7.38. The van der Waals surface area contributed by atoms with Gasteiger partial charge in [-0.2, -0.15) is 0 Å². The maximum atomic E-state index is 13.2. The SMILES string of the molecule is CC(=O)NC12C[C@H]3C[C@H](C1)CC(C(=O)OCC(=O)N[C@H](Cc1ccccc1)C(C)=O)(C3)C2. The Hall–Kier alpha value is -2.70. The third-order valence-corrected chi connectivity index (χ3v) is 7.38. The molecule has 4 aliphatic rings. The van der Waals surface area contributed by atoms with Crippen molar-refractivity contribution in [3.05, 3.63) is 35.9 Å². The molecule has 0 aromatic heterocycles. The van der Waals surface area contributed by atoms with Gasteiger partial charge in [-0.25, -0.2) is 0 Å². The Balaban J connectivity index is 1.36. The lowest BCUT2D eigenvalue weighted by Crippen LogP contribution is -2.64. The molecule has 3 atom stereocenters. The van der Waals surface area contributed by atoms with Crippen molar-refractivity contribution in [2.45, 2.75) is 70.4 Å². The van der Waals surface area contributed by atoms with Gasteiger partial charge in [-0.1, -0.05) is 30.3 Å². The average Bonchev–Trinajstić information content (AvgIpc) is 2.70. The van der Waals surface area contributed by atoms with Crippen molar-refractivity contribution in [1.29, 1.82) is 0 Å². The Bertz CT molecular complexity index is 898. The van der Waals surface area contributed by atoms with Gasteiger partial charge in [0, 0.05) is 12.5 Å². The first kappa shape index (κ1) is 22.5. The Morgan fingerprint density at radius 1 is 1.03 bits per heavy atom. The first-order valence-corrected chi connectivity index (χ1v) is 11.5. The summed E-state index contributed by atoms with van der Waals surface area (Å²) in [5, 5.41) is 5.84. The highest BCUT2D eigenvalue weighted by Gasteiger charge is 2.61. The van der Waals surface area contributed by atoms with Crippen molar-refractivity contribution in [1.82, 2.24) is 10.6 Å². The van der Waals surface area contributed by atoms with Gasteiger partial charge in [0.2, 0.25) is 5.91 Å². The Labute approximate surface area is 188 Å². The molecule has 0 heterocycles. The van der Waals surface area contributed by atoms with Crippen LogP contribution in [0.15, 0.2) is 30.3 Å². The maximum absolute atomic E-state index is 13.2. The van der Waals surface area contributed by atoms with E-state index in [2.05, 4.69) is 10.6 Å². The quantitative estimate of drug-likeness (QED) is 0.604. The summed E-state index contributed by atoms with van der Waals surface area (Å²) in [6.07, 6.45) is 5.41. The van der Waals surface area contributed by atoms with Gasteiger partial charge in [0.15, 0.2) is 12.4 Å². The monoisotopic (exact) mass is 440 g/mol. The molecule has 5 rings (SSSR count). The summed E-state index contributed by atoms with van der Waals surface area (Å²) in [6.45, 7) is 2.56. The summed E-state index contributed by atoms with van der Waals surface area (Å²) < 4.78 is 5.49. The molecule has 2 N–H and O–H groups in total. The molecule has 4 fully saturated rings. The molecule has 2 amide bonds. The van der Waals surface area contributed by atoms with Crippen LogP contribution >= 0.6 is 0 Å². The predicted octanol–water partition coefficient (Wildman–Crippen LogP) is 2.32. The van der Waals surface area contributed by atoms with Crippen LogP contribution < -0.4 is 10.6 Å². The number of ether oxygens (including phenoxy) is 1. The van der Waals surface area contributed by atoms with Crippen molar-refractivity contribution in [2.75, 3.05) is 6.61 Å². The fourth-order valence-electron chi connectivity index (χ4n) is 6.69. The minimum absolute atomic E-state index is 0.0662.